The topological polar surface area (TPSA) is 111 Å². The van der Waals surface area contributed by atoms with E-state index in [4.69, 9.17) is 24.4 Å². The lowest BCUT2D eigenvalue weighted by Gasteiger charge is -2.36. The van der Waals surface area contributed by atoms with Crippen molar-refractivity contribution in [2.75, 3.05) is 98.1 Å². The van der Waals surface area contributed by atoms with Gasteiger partial charge in [0.2, 0.25) is 11.9 Å². The number of aromatic nitrogens is 3. The van der Waals surface area contributed by atoms with E-state index < -0.39 is 0 Å². The Labute approximate surface area is 253 Å². The fourth-order valence-corrected chi connectivity index (χ4v) is 5.60. The molecule has 3 aliphatic heterocycles. The second-order valence-electron chi connectivity index (χ2n) is 11.5. The quantitative estimate of drug-likeness (QED) is 0.445. The molecule has 2 unspecified atom stereocenters. The number of ether oxygens (including phenoxy) is 2. The summed E-state index contributed by atoms with van der Waals surface area (Å²) in [5.41, 5.74) is 3.43. The van der Waals surface area contributed by atoms with Gasteiger partial charge in [0.25, 0.3) is 0 Å². The highest BCUT2D eigenvalue weighted by atomic mass is 16.5. The largest absolute Gasteiger partial charge is 0.377 e. The zero-order valence-corrected chi connectivity index (χ0v) is 25.2. The SMILES string of the molecule is CC1COCCN1c1nc(-c2ccc(NC(=O)Nc3ccc(N4CCN(C)CC4)cc3)cc2)nc(N2CCOCC2C)n1. The smallest absolute Gasteiger partial charge is 0.323 e. The second kappa shape index (κ2) is 13.1. The van der Waals surface area contributed by atoms with Crippen LogP contribution in [0.1, 0.15) is 13.8 Å². The normalized spacial score (nSPS) is 21.5. The summed E-state index contributed by atoms with van der Waals surface area (Å²) in [5, 5.41) is 5.85. The summed E-state index contributed by atoms with van der Waals surface area (Å²) in [6.07, 6.45) is 0. The van der Waals surface area contributed by atoms with Crippen molar-refractivity contribution in [2.45, 2.75) is 25.9 Å². The molecule has 2 N–H and O–H groups in total. The van der Waals surface area contributed by atoms with Crippen molar-refractivity contribution in [1.29, 1.82) is 0 Å². The number of nitrogens with zero attached hydrogens (tertiary/aromatic N) is 7. The first-order valence-electron chi connectivity index (χ1n) is 15.1. The summed E-state index contributed by atoms with van der Waals surface area (Å²) in [4.78, 5) is 36.5. The zero-order chi connectivity index (χ0) is 29.8. The Morgan fingerprint density at radius 2 is 1.23 bits per heavy atom. The average Bonchev–Trinajstić information content (AvgIpc) is 3.02. The van der Waals surface area contributed by atoms with Crippen molar-refractivity contribution in [3.05, 3.63) is 48.5 Å². The molecule has 228 valence electrons. The highest BCUT2D eigenvalue weighted by Gasteiger charge is 2.27. The molecular weight excluding hydrogens is 546 g/mol. The van der Waals surface area contributed by atoms with Crippen LogP contribution in [0.25, 0.3) is 11.4 Å². The van der Waals surface area contributed by atoms with Crippen molar-refractivity contribution in [2.24, 2.45) is 0 Å². The van der Waals surface area contributed by atoms with Gasteiger partial charge in [-0.05, 0) is 69.4 Å². The van der Waals surface area contributed by atoms with Crippen molar-refractivity contribution in [1.82, 2.24) is 19.9 Å². The summed E-state index contributed by atoms with van der Waals surface area (Å²) in [6, 6.07) is 15.6. The Hall–Kier alpha value is -4.00. The Bertz CT molecular complexity index is 1340. The molecule has 2 atom stereocenters. The van der Waals surface area contributed by atoms with E-state index in [-0.39, 0.29) is 18.1 Å². The number of piperazine rings is 1. The maximum absolute atomic E-state index is 12.8. The zero-order valence-electron chi connectivity index (χ0n) is 25.2. The summed E-state index contributed by atoms with van der Waals surface area (Å²) >= 11 is 0. The van der Waals surface area contributed by atoms with Gasteiger partial charge in [0.1, 0.15) is 0 Å². The molecule has 4 heterocycles. The number of carbonyl (C=O) groups is 1. The van der Waals surface area contributed by atoms with E-state index in [0.717, 1.165) is 50.5 Å². The molecule has 3 saturated heterocycles. The van der Waals surface area contributed by atoms with Gasteiger partial charge in [0.15, 0.2) is 5.82 Å². The molecule has 2 amide bonds. The van der Waals surface area contributed by atoms with Crippen LogP contribution in [0.4, 0.5) is 33.8 Å². The van der Waals surface area contributed by atoms with Gasteiger partial charge < -0.3 is 39.7 Å². The molecule has 0 radical (unpaired) electrons. The van der Waals surface area contributed by atoms with Gasteiger partial charge in [0.05, 0.1) is 38.5 Å². The number of hydrogen-bond acceptors (Lipinski definition) is 10. The minimum atomic E-state index is -0.299. The van der Waals surface area contributed by atoms with E-state index in [1.165, 1.54) is 5.69 Å². The number of nitrogens with one attached hydrogen (secondary N) is 2. The molecule has 12 heteroatoms. The molecule has 0 aliphatic carbocycles. The molecule has 43 heavy (non-hydrogen) atoms. The molecule has 1 aromatic heterocycles. The van der Waals surface area contributed by atoms with Gasteiger partial charge in [-0.15, -0.1) is 0 Å². The Morgan fingerprint density at radius 3 is 1.74 bits per heavy atom. The predicted molar refractivity (Wildman–Crippen MR) is 169 cm³/mol. The fourth-order valence-electron chi connectivity index (χ4n) is 5.60. The van der Waals surface area contributed by atoms with Crippen LogP contribution in [0, 0.1) is 0 Å². The first kappa shape index (κ1) is 29.1. The lowest BCUT2D eigenvalue weighted by atomic mass is 10.2. The van der Waals surface area contributed by atoms with Crippen LogP contribution in [0.2, 0.25) is 0 Å². The Morgan fingerprint density at radius 1 is 0.721 bits per heavy atom. The van der Waals surface area contributed by atoms with E-state index in [2.05, 4.69) is 63.3 Å². The molecule has 3 aliphatic rings. The first-order valence-corrected chi connectivity index (χ1v) is 15.1. The van der Waals surface area contributed by atoms with Gasteiger partial charge in [-0.1, -0.05) is 0 Å². The van der Waals surface area contributed by atoms with Crippen molar-refractivity contribution >= 4 is 35.0 Å². The Kier molecular flexibility index (Phi) is 8.87. The number of benzene rings is 2. The maximum Gasteiger partial charge on any atom is 0.323 e. The summed E-state index contributed by atoms with van der Waals surface area (Å²) in [7, 11) is 2.15. The standard InChI is InChI=1S/C31H41N9O3/c1-22-20-42-18-16-39(22)29-34-28(35-30(36-29)40-17-19-43-21-23(40)2)24-4-6-25(7-5-24)32-31(41)33-26-8-10-27(11-9-26)38-14-12-37(3)13-15-38/h4-11,22-23H,12-21H2,1-3H3,(H2,32,33,41). The molecule has 6 rings (SSSR count). The predicted octanol–water partition coefficient (Wildman–Crippen LogP) is 3.38. The second-order valence-corrected chi connectivity index (χ2v) is 11.5. The molecule has 3 fully saturated rings. The number of urea groups is 1. The van der Waals surface area contributed by atoms with Crippen LogP contribution >= 0.6 is 0 Å². The molecule has 0 saturated carbocycles. The summed E-state index contributed by atoms with van der Waals surface area (Å²) in [5.74, 6) is 1.89. The third-order valence-electron chi connectivity index (χ3n) is 8.26. The van der Waals surface area contributed by atoms with Gasteiger partial charge >= 0.3 is 6.03 Å². The van der Waals surface area contributed by atoms with Crippen LogP contribution in [0.15, 0.2) is 48.5 Å². The maximum atomic E-state index is 12.8. The highest BCUT2D eigenvalue weighted by molar-refractivity contribution is 5.99. The minimum Gasteiger partial charge on any atom is -0.377 e. The van der Waals surface area contributed by atoms with Gasteiger partial charge in [-0.2, -0.15) is 15.0 Å². The van der Waals surface area contributed by atoms with Crippen molar-refractivity contribution in [3.8, 4) is 11.4 Å². The number of anilines is 5. The van der Waals surface area contributed by atoms with Crippen molar-refractivity contribution < 1.29 is 14.3 Å². The highest BCUT2D eigenvalue weighted by Crippen LogP contribution is 2.26. The van der Waals surface area contributed by atoms with Crippen LogP contribution < -0.4 is 25.3 Å². The molecule has 12 nitrogen and oxygen atoms in total. The van der Waals surface area contributed by atoms with E-state index in [1.54, 1.807) is 0 Å². The molecule has 0 spiro atoms. The molecule has 2 aromatic carbocycles. The van der Waals surface area contributed by atoms with E-state index >= 15 is 0 Å². The van der Waals surface area contributed by atoms with Gasteiger partial charge in [-0.3, -0.25) is 0 Å². The van der Waals surface area contributed by atoms with E-state index in [0.29, 0.717) is 49.8 Å². The fraction of sp³-hybridized carbons (Fsp3) is 0.484. The van der Waals surface area contributed by atoms with Crippen LogP contribution in [-0.2, 0) is 9.47 Å². The van der Waals surface area contributed by atoms with Crippen molar-refractivity contribution in [3.63, 3.8) is 0 Å². The molecular formula is C31H41N9O3. The lowest BCUT2D eigenvalue weighted by molar-refractivity contribution is 0.0969. The summed E-state index contributed by atoms with van der Waals surface area (Å²) in [6.45, 7) is 12.3. The Balaban J connectivity index is 1.14. The minimum absolute atomic E-state index is 0.159. The summed E-state index contributed by atoms with van der Waals surface area (Å²) < 4.78 is 11.3. The van der Waals surface area contributed by atoms with E-state index in [9.17, 15) is 4.79 Å². The van der Waals surface area contributed by atoms with Crippen LogP contribution in [0.5, 0.6) is 0 Å². The number of likely N-dealkylation sites (N-methyl/N-ethyl adjacent to an activating group) is 1. The van der Waals surface area contributed by atoms with Gasteiger partial charge in [0, 0.05) is 61.9 Å². The van der Waals surface area contributed by atoms with E-state index in [1.807, 2.05) is 36.4 Å². The number of amides is 2. The third kappa shape index (κ3) is 6.98. The molecule has 3 aromatic rings. The lowest BCUT2D eigenvalue weighted by Crippen LogP contribution is -2.46. The molecule has 0 bridgehead atoms. The first-order chi connectivity index (χ1) is 20.9. The number of hydrogen-bond donors (Lipinski definition) is 2. The van der Waals surface area contributed by atoms with Crippen LogP contribution in [0.3, 0.4) is 0 Å². The average molecular weight is 588 g/mol. The monoisotopic (exact) mass is 587 g/mol. The third-order valence-corrected chi connectivity index (χ3v) is 8.26. The number of rotatable bonds is 6. The number of carbonyl (C=O) groups excluding carboxylic acids is 1. The number of morpholine rings is 2. The van der Waals surface area contributed by atoms with Crippen LogP contribution in [-0.4, -0.2) is 111 Å². The van der Waals surface area contributed by atoms with Gasteiger partial charge in [-0.25, -0.2) is 4.79 Å².